The molecule has 3 unspecified atom stereocenters. The van der Waals surface area contributed by atoms with Crippen LogP contribution in [-0.4, -0.2) is 40.6 Å². The fourth-order valence-corrected chi connectivity index (χ4v) is 5.81. The maximum atomic E-state index is 14.1. The summed E-state index contributed by atoms with van der Waals surface area (Å²) in [5.74, 6) is -2.44. The second kappa shape index (κ2) is 8.59. The lowest BCUT2D eigenvalue weighted by molar-refractivity contribution is -0.141. The van der Waals surface area contributed by atoms with Crippen LogP contribution in [0.1, 0.15) is 30.5 Å². The fourth-order valence-electron chi connectivity index (χ4n) is 4.62. The molecule has 4 rings (SSSR count). The van der Waals surface area contributed by atoms with Gasteiger partial charge in [-0.25, -0.2) is 8.70 Å². The van der Waals surface area contributed by atoms with E-state index in [4.69, 9.17) is 0 Å². The Bertz CT molecular complexity index is 1020. The lowest BCUT2D eigenvalue weighted by Gasteiger charge is -2.44. The standard InChI is InChI=1S/C23H24F4N2O2S/c1-13-11-28(17-6-7-19(20(24)10-17)23(25,26)27)12-14(2)29(13)32-21-5-3-4-15-8-16(22(30)31)9-18(15)21/h3-7,10,13-14,16H,8-9,11-12H2,1-2H3,(H,30,31). The molecule has 32 heavy (non-hydrogen) atoms. The minimum absolute atomic E-state index is 0.0432. The predicted molar refractivity (Wildman–Crippen MR) is 115 cm³/mol. The van der Waals surface area contributed by atoms with Crippen molar-refractivity contribution in [3.63, 3.8) is 0 Å². The highest BCUT2D eigenvalue weighted by molar-refractivity contribution is 7.97. The van der Waals surface area contributed by atoms with Crippen molar-refractivity contribution in [2.24, 2.45) is 5.92 Å². The van der Waals surface area contributed by atoms with Gasteiger partial charge in [-0.15, -0.1) is 0 Å². The van der Waals surface area contributed by atoms with Crippen LogP contribution in [0, 0.1) is 11.7 Å². The quantitative estimate of drug-likeness (QED) is 0.491. The van der Waals surface area contributed by atoms with Gasteiger partial charge in [0.05, 0.1) is 11.5 Å². The van der Waals surface area contributed by atoms with Gasteiger partial charge in [-0.3, -0.25) is 4.79 Å². The van der Waals surface area contributed by atoms with Gasteiger partial charge in [-0.1, -0.05) is 12.1 Å². The minimum Gasteiger partial charge on any atom is -0.481 e. The van der Waals surface area contributed by atoms with Crippen LogP contribution in [-0.2, 0) is 23.8 Å². The summed E-state index contributed by atoms with van der Waals surface area (Å²) in [6.07, 6.45) is -3.66. The number of carbonyl (C=O) groups is 1. The number of anilines is 1. The van der Waals surface area contributed by atoms with Crippen LogP contribution in [0.4, 0.5) is 23.2 Å². The molecule has 1 aliphatic carbocycles. The monoisotopic (exact) mass is 468 g/mol. The first-order chi connectivity index (χ1) is 15.0. The van der Waals surface area contributed by atoms with E-state index in [1.807, 2.05) is 36.9 Å². The lowest BCUT2D eigenvalue weighted by atomic mass is 10.1. The van der Waals surface area contributed by atoms with Crippen molar-refractivity contribution in [2.45, 2.75) is 49.8 Å². The zero-order valence-electron chi connectivity index (χ0n) is 17.7. The molecule has 1 N–H and O–H groups in total. The van der Waals surface area contributed by atoms with Crippen molar-refractivity contribution in [1.82, 2.24) is 4.31 Å². The summed E-state index contributed by atoms with van der Waals surface area (Å²) in [6.45, 7) is 5.13. The van der Waals surface area contributed by atoms with E-state index >= 15 is 0 Å². The number of halogens is 4. The van der Waals surface area contributed by atoms with Crippen molar-refractivity contribution in [3.05, 3.63) is 58.9 Å². The molecule has 0 aromatic heterocycles. The molecule has 2 aliphatic rings. The predicted octanol–water partition coefficient (Wildman–Crippen LogP) is 5.25. The summed E-state index contributed by atoms with van der Waals surface area (Å²) in [5.41, 5.74) is 1.33. The molecule has 0 spiro atoms. The fraction of sp³-hybridized carbons (Fsp3) is 0.435. The summed E-state index contributed by atoms with van der Waals surface area (Å²) in [7, 11) is 0. The second-order valence-electron chi connectivity index (χ2n) is 8.55. The van der Waals surface area contributed by atoms with Crippen molar-refractivity contribution in [1.29, 1.82) is 0 Å². The highest BCUT2D eigenvalue weighted by Gasteiger charge is 2.36. The number of rotatable bonds is 4. The van der Waals surface area contributed by atoms with Gasteiger partial charge in [0, 0.05) is 35.8 Å². The Kier molecular flexibility index (Phi) is 6.15. The molecule has 9 heteroatoms. The highest BCUT2D eigenvalue weighted by Crippen LogP contribution is 2.39. The SMILES string of the molecule is CC1CN(c2ccc(C(F)(F)F)c(F)c2)CC(C)N1Sc1cccc2c1CC(C(=O)O)C2. The van der Waals surface area contributed by atoms with E-state index in [1.54, 1.807) is 11.9 Å². The number of aliphatic carboxylic acids is 1. The van der Waals surface area contributed by atoms with E-state index < -0.39 is 29.4 Å². The minimum atomic E-state index is -4.71. The largest absolute Gasteiger partial charge is 0.481 e. The maximum absolute atomic E-state index is 14.1. The number of carboxylic acids is 1. The topological polar surface area (TPSA) is 43.8 Å². The molecule has 0 radical (unpaired) electrons. The van der Waals surface area contributed by atoms with Gasteiger partial charge in [-0.05, 0) is 74.0 Å². The molecule has 0 saturated carbocycles. The van der Waals surface area contributed by atoms with Gasteiger partial charge in [0.1, 0.15) is 5.82 Å². The van der Waals surface area contributed by atoms with Crippen molar-refractivity contribution < 1.29 is 27.5 Å². The Morgan fingerprint density at radius 3 is 2.38 bits per heavy atom. The van der Waals surface area contributed by atoms with Gasteiger partial charge >= 0.3 is 12.1 Å². The number of fused-ring (bicyclic) bond motifs is 1. The number of nitrogens with zero attached hydrogens (tertiary/aromatic N) is 2. The van der Waals surface area contributed by atoms with Crippen LogP contribution in [0.5, 0.6) is 0 Å². The van der Waals surface area contributed by atoms with E-state index in [-0.39, 0.29) is 12.1 Å². The average molecular weight is 469 g/mol. The van der Waals surface area contributed by atoms with Crippen LogP contribution >= 0.6 is 11.9 Å². The summed E-state index contributed by atoms with van der Waals surface area (Å²) in [5, 5.41) is 9.39. The van der Waals surface area contributed by atoms with Gasteiger partial charge in [0.25, 0.3) is 0 Å². The third-order valence-electron chi connectivity index (χ3n) is 6.16. The third-order valence-corrected chi connectivity index (χ3v) is 7.67. The molecule has 4 nitrogen and oxygen atoms in total. The van der Waals surface area contributed by atoms with Gasteiger partial charge in [-0.2, -0.15) is 13.2 Å². The molecule has 1 fully saturated rings. The Morgan fingerprint density at radius 2 is 1.78 bits per heavy atom. The molecule has 0 bridgehead atoms. The van der Waals surface area contributed by atoms with Gasteiger partial charge in [0.2, 0.25) is 0 Å². The molecule has 172 valence electrons. The van der Waals surface area contributed by atoms with Crippen molar-refractivity contribution in [3.8, 4) is 0 Å². The van der Waals surface area contributed by atoms with Crippen molar-refractivity contribution in [2.75, 3.05) is 18.0 Å². The summed E-state index contributed by atoms with van der Waals surface area (Å²) >= 11 is 1.60. The number of piperazine rings is 1. The lowest BCUT2D eigenvalue weighted by Crippen LogP contribution is -2.54. The summed E-state index contributed by atoms with van der Waals surface area (Å²) in [6, 6.07) is 9.10. The van der Waals surface area contributed by atoms with Crippen LogP contribution < -0.4 is 4.90 Å². The summed E-state index contributed by atoms with van der Waals surface area (Å²) < 4.78 is 54.9. The van der Waals surface area contributed by atoms with E-state index in [9.17, 15) is 27.5 Å². The third kappa shape index (κ3) is 4.45. The summed E-state index contributed by atoms with van der Waals surface area (Å²) in [4.78, 5) is 14.4. The molecule has 0 amide bonds. The molecular weight excluding hydrogens is 444 g/mol. The Morgan fingerprint density at radius 1 is 1.09 bits per heavy atom. The Hall–Kier alpha value is -2.26. The first-order valence-corrected chi connectivity index (χ1v) is 11.2. The van der Waals surface area contributed by atoms with Crippen molar-refractivity contribution >= 4 is 23.6 Å². The van der Waals surface area contributed by atoms with Crippen LogP contribution in [0.15, 0.2) is 41.3 Å². The Balaban J connectivity index is 1.49. The molecular formula is C23H24F4N2O2S. The smallest absolute Gasteiger partial charge is 0.419 e. The average Bonchev–Trinajstić information content (AvgIpc) is 3.15. The number of alkyl halides is 3. The molecule has 1 aliphatic heterocycles. The highest BCUT2D eigenvalue weighted by atomic mass is 32.2. The first kappa shape index (κ1) is 22.9. The number of benzene rings is 2. The Labute approximate surface area is 188 Å². The van der Waals surface area contributed by atoms with Crippen LogP contribution in [0.25, 0.3) is 0 Å². The maximum Gasteiger partial charge on any atom is 0.419 e. The molecule has 1 heterocycles. The zero-order chi connectivity index (χ0) is 23.2. The molecule has 1 saturated heterocycles. The molecule has 3 atom stereocenters. The van der Waals surface area contributed by atoms with E-state index in [0.717, 1.165) is 28.2 Å². The number of hydrogen-bond acceptors (Lipinski definition) is 4. The normalized spacial score (nSPS) is 23.9. The van der Waals surface area contributed by atoms with E-state index in [1.165, 1.54) is 6.07 Å². The van der Waals surface area contributed by atoms with Gasteiger partial charge in [0.15, 0.2) is 0 Å². The van der Waals surface area contributed by atoms with E-state index in [0.29, 0.717) is 31.6 Å². The molecule has 2 aromatic rings. The van der Waals surface area contributed by atoms with Crippen LogP contribution in [0.3, 0.4) is 0 Å². The second-order valence-corrected chi connectivity index (χ2v) is 9.60. The van der Waals surface area contributed by atoms with Gasteiger partial charge < -0.3 is 10.0 Å². The first-order valence-electron chi connectivity index (χ1n) is 10.5. The van der Waals surface area contributed by atoms with E-state index in [2.05, 4.69) is 4.31 Å². The number of carboxylic acid groups (broad SMARTS) is 1. The number of hydrogen-bond donors (Lipinski definition) is 1. The zero-order valence-corrected chi connectivity index (χ0v) is 18.5. The van der Waals surface area contributed by atoms with Crippen LogP contribution in [0.2, 0.25) is 0 Å². The molecule has 2 aromatic carbocycles.